The van der Waals surface area contributed by atoms with Gasteiger partial charge in [0.1, 0.15) is 0 Å². The Kier molecular flexibility index (Phi) is 4.72. The van der Waals surface area contributed by atoms with Crippen LogP contribution in [0.4, 0.5) is 0 Å². The normalized spacial score (nSPS) is 17.1. The van der Waals surface area contributed by atoms with Crippen LogP contribution in [0.1, 0.15) is 31.7 Å². The summed E-state index contributed by atoms with van der Waals surface area (Å²) in [6, 6.07) is 6.75. The van der Waals surface area contributed by atoms with Crippen LogP contribution in [0.25, 0.3) is 0 Å². The van der Waals surface area contributed by atoms with Crippen molar-refractivity contribution in [3.63, 3.8) is 0 Å². The van der Waals surface area contributed by atoms with Crippen LogP contribution in [0, 0.1) is 5.92 Å². The third-order valence-electron chi connectivity index (χ3n) is 3.36. The van der Waals surface area contributed by atoms with E-state index < -0.39 is 0 Å². The molecule has 0 aromatic heterocycles. The molecule has 0 radical (unpaired) electrons. The summed E-state index contributed by atoms with van der Waals surface area (Å²) in [5.41, 5.74) is 1.28. The molecule has 1 unspecified atom stereocenters. The highest BCUT2D eigenvalue weighted by molar-refractivity contribution is 6.42. The topological polar surface area (TPSA) is 12.0 Å². The van der Waals surface area contributed by atoms with E-state index in [4.69, 9.17) is 23.2 Å². The number of nitrogens with one attached hydrogen (secondary N) is 1. The molecule has 1 atom stereocenters. The van der Waals surface area contributed by atoms with E-state index in [0.717, 1.165) is 19.0 Å². The van der Waals surface area contributed by atoms with Crippen LogP contribution in [-0.4, -0.2) is 12.6 Å². The molecule has 3 heteroatoms. The highest BCUT2D eigenvalue weighted by Crippen LogP contribution is 2.25. The zero-order valence-corrected chi connectivity index (χ0v) is 11.7. The van der Waals surface area contributed by atoms with Crippen LogP contribution in [0.15, 0.2) is 18.2 Å². The number of halogens is 2. The van der Waals surface area contributed by atoms with Gasteiger partial charge in [-0.25, -0.2) is 0 Å². The van der Waals surface area contributed by atoms with Gasteiger partial charge in [-0.2, -0.15) is 0 Å². The summed E-state index contributed by atoms with van der Waals surface area (Å²) in [7, 11) is 0. The van der Waals surface area contributed by atoms with Gasteiger partial charge < -0.3 is 5.32 Å². The first-order valence-corrected chi connectivity index (χ1v) is 7.12. The third-order valence-corrected chi connectivity index (χ3v) is 4.10. The minimum absolute atomic E-state index is 0.638. The molecule has 0 aliphatic heterocycles. The lowest BCUT2D eigenvalue weighted by atomic mass is 9.97. The van der Waals surface area contributed by atoms with E-state index in [0.29, 0.717) is 16.0 Å². The minimum atomic E-state index is 0.638. The Hall–Kier alpha value is -0.240. The molecule has 17 heavy (non-hydrogen) atoms. The summed E-state index contributed by atoms with van der Waals surface area (Å²) >= 11 is 11.9. The van der Waals surface area contributed by atoms with Crippen molar-refractivity contribution in [3.05, 3.63) is 33.8 Å². The van der Waals surface area contributed by atoms with Gasteiger partial charge in [-0.1, -0.05) is 42.6 Å². The predicted molar refractivity (Wildman–Crippen MR) is 75.0 cm³/mol. The van der Waals surface area contributed by atoms with E-state index in [1.54, 1.807) is 0 Å². The molecule has 1 nitrogen and oxygen atoms in total. The Morgan fingerprint density at radius 3 is 2.65 bits per heavy atom. The second kappa shape index (κ2) is 6.08. The van der Waals surface area contributed by atoms with E-state index in [-0.39, 0.29) is 0 Å². The zero-order chi connectivity index (χ0) is 12.3. The monoisotopic (exact) mass is 271 g/mol. The van der Waals surface area contributed by atoms with Crippen molar-refractivity contribution < 1.29 is 0 Å². The maximum absolute atomic E-state index is 6.03. The summed E-state index contributed by atoms with van der Waals surface area (Å²) in [5, 5.41) is 4.89. The maximum Gasteiger partial charge on any atom is 0.0595 e. The van der Waals surface area contributed by atoms with E-state index in [1.165, 1.54) is 24.8 Å². The van der Waals surface area contributed by atoms with Gasteiger partial charge >= 0.3 is 0 Å². The van der Waals surface area contributed by atoms with E-state index in [9.17, 15) is 0 Å². The summed E-state index contributed by atoms with van der Waals surface area (Å²) < 4.78 is 0. The largest absolute Gasteiger partial charge is 0.314 e. The van der Waals surface area contributed by atoms with Gasteiger partial charge in [0, 0.05) is 6.04 Å². The average Bonchev–Trinajstić information content (AvgIpc) is 3.13. The molecule has 1 aromatic rings. The van der Waals surface area contributed by atoms with Gasteiger partial charge in [-0.05, 0) is 49.4 Å². The van der Waals surface area contributed by atoms with E-state index in [2.05, 4.69) is 18.3 Å². The molecular weight excluding hydrogens is 253 g/mol. The first kappa shape index (κ1) is 13.2. The van der Waals surface area contributed by atoms with Gasteiger partial charge in [0.25, 0.3) is 0 Å². The summed E-state index contributed by atoms with van der Waals surface area (Å²) in [6.07, 6.45) is 4.97. The van der Waals surface area contributed by atoms with Gasteiger partial charge in [0.2, 0.25) is 0 Å². The molecule has 1 aliphatic carbocycles. The molecule has 1 fully saturated rings. The molecule has 0 saturated heterocycles. The summed E-state index contributed by atoms with van der Waals surface area (Å²) in [6.45, 7) is 3.36. The molecule has 1 aromatic carbocycles. The van der Waals surface area contributed by atoms with Gasteiger partial charge in [-0.15, -0.1) is 0 Å². The van der Waals surface area contributed by atoms with Crippen LogP contribution in [0.2, 0.25) is 10.0 Å². The van der Waals surface area contributed by atoms with Crippen molar-refractivity contribution in [1.82, 2.24) is 5.32 Å². The molecule has 0 bridgehead atoms. The van der Waals surface area contributed by atoms with Crippen molar-refractivity contribution in [2.45, 2.75) is 38.6 Å². The Morgan fingerprint density at radius 2 is 2.06 bits per heavy atom. The second-order valence-corrected chi connectivity index (χ2v) is 5.72. The fraction of sp³-hybridized carbons (Fsp3) is 0.571. The standard InChI is InChI=1S/C14H19Cl2N/c1-2-10(9-17-12-4-5-12)7-11-3-6-13(15)14(16)8-11/h3,6,8,10,12,17H,2,4-5,7,9H2,1H3. The Morgan fingerprint density at radius 1 is 1.29 bits per heavy atom. The fourth-order valence-electron chi connectivity index (χ4n) is 1.98. The number of hydrogen-bond acceptors (Lipinski definition) is 1. The molecule has 1 N–H and O–H groups in total. The van der Waals surface area contributed by atoms with Crippen LogP contribution in [0.5, 0.6) is 0 Å². The zero-order valence-electron chi connectivity index (χ0n) is 10.2. The maximum atomic E-state index is 6.03. The van der Waals surface area contributed by atoms with Crippen LogP contribution < -0.4 is 5.32 Å². The molecule has 1 aliphatic rings. The number of rotatable bonds is 6. The molecule has 94 valence electrons. The number of benzene rings is 1. The van der Waals surface area contributed by atoms with Crippen molar-refractivity contribution >= 4 is 23.2 Å². The lowest BCUT2D eigenvalue weighted by Gasteiger charge is -2.16. The van der Waals surface area contributed by atoms with Crippen molar-refractivity contribution in [2.24, 2.45) is 5.92 Å². The molecule has 2 rings (SSSR count). The SMILES string of the molecule is CCC(CNC1CC1)Cc1ccc(Cl)c(Cl)c1. The lowest BCUT2D eigenvalue weighted by molar-refractivity contribution is 0.458. The average molecular weight is 272 g/mol. The van der Waals surface area contributed by atoms with Crippen molar-refractivity contribution in [2.75, 3.05) is 6.54 Å². The first-order chi connectivity index (χ1) is 8.19. The van der Waals surface area contributed by atoms with Crippen molar-refractivity contribution in [3.8, 4) is 0 Å². The van der Waals surface area contributed by atoms with Crippen LogP contribution >= 0.6 is 23.2 Å². The lowest BCUT2D eigenvalue weighted by Crippen LogP contribution is -2.25. The summed E-state index contributed by atoms with van der Waals surface area (Å²) in [5.74, 6) is 0.688. The van der Waals surface area contributed by atoms with E-state index in [1.807, 2.05) is 12.1 Å². The molecular formula is C14H19Cl2N. The predicted octanol–water partition coefficient (Wildman–Crippen LogP) is 4.31. The van der Waals surface area contributed by atoms with E-state index >= 15 is 0 Å². The number of hydrogen-bond donors (Lipinski definition) is 1. The minimum Gasteiger partial charge on any atom is -0.314 e. The molecule has 1 saturated carbocycles. The van der Waals surface area contributed by atoms with Crippen molar-refractivity contribution in [1.29, 1.82) is 0 Å². The Balaban J connectivity index is 1.89. The molecule has 0 spiro atoms. The highest BCUT2D eigenvalue weighted by Gasteiger charge is 2.21. The molecule has 0 heterocycles. The Bertz CT molecular complexity index is 374. The smallest absolute Gasteiger partial charge is 0.0595 e. The highest BCUT2D eigenvalue weighted by atomic mass is 35.5. The molecule has 0 amide bonds. The second-order valence-electron chi connectivity index (χ2n) is 4.91. The Labute approximate surface area is 114 Å². The van der Waals surface area contributed by atoms with Gasteiger partial charge in [0.05, 0.1) is 10.0 Å². The van der Waals surface area contributed by atoms with Gasteiger partial charge in [-0.3, -0.25) is 0 Å². The van der Waals surface area contributed by atoms with Crippen LogP contribution in [-0.2, 0) is 6.42 Å². The summed E-state index contributed by atoms with van der Waals surface area (Å²) in [4.78, 5) is 0. The van der Waals surface area contributed by atoms with Crippen LogP contribution in [0.3, 0.4) is 0 Å². The third kappa shape index (κ3) is 4.17. The fourth-order valence-corrected chi connectivity index (χ4v) is 2.30. The quantitative estimate of drug-likeness (QED) is 0.813. The van der Waals surface area contributed by atoms with Gasteiger partial charge in [0.15, 0.2) is 0 Å². The first-order valence-electron chi connectivity index (χ1n) is 6.36.